The van der Waals surface area contributed by atoms with E-state index < -0.39 is 10.8 Å². The van der Waals surface area contributed by atoms with E-state index in [9.17, 15) is 4.21 Å². The molecule has 0 aromatic rings. The van der Waals surface area contributed by atoms with Gasteiger partial charge in [0.2, 0.25) is 0 Å². The molecule has 2 aliphatic rings. The molecule has 4 nitrogen and oxygen atoms in total. The van der Waals surface area contributed by atoms with Crippen LogP contribution in [0.25, 0.3) is 0 Å². The average molecular weight is 285 g/mol. The minimum Gasteiger partial charge on any atom is -0.354 e. The summed E-state index contributed by atoms with van der Waals surface area (Å²) in [6, 6.07) is 1.04. The molecule has 0 saturated heterocycles. The Hall–Kier alpha value is -0.580. The minimum atomic E-state index is -0.652. The van der Waals surface area contributed by atoms with E-state index in [1.54, 1.807) is 0 Å². The van der Waals surface area contributed by atoms with Gasteiger partial charge in [0.15, 0.2) is 5.96 Å². The van der Waals surface area contributed by atoms with Crippen LogP contribution in [0.2, 0.25) is 0 Å². The summed E-state index contributed by atoms with van der Waals surface area (Å²) in [5, 5.41) is 7.36. The van der Waals surface area contributed by atoms with Crippen molar-refractivity contribution in [2.45, 2.75) is 69.2 Å². The molecular weight excluding hydrogens is 258 g/mol. The second-order valence-electron chi connectivity index (χ2n) is 5.64. The molecule has 110 valence electrons. The maximum absolute atomic E-state index is 11.9. The minimum absolute atomic E-state index is 0.373. The van der Waals surface area contributed by atoms with E-state index >= 15 is 0 Å². The van der Waals surface area contributed by atoms with Gasteiger partial charge in [0, 0.05) is 40.9 Å². The highest BCUT2D eigenvalue weighted by atomic mass is 32.2. The molecular formula is C14H27N3OS. The van der Waals surface area contributed by atoms with Gasteiger partial charge < -0.3 is 10.6 Å². The lowest BCUT2D eigenvalue weighted by Crippen LogP contribution is -2.51. The van der Waals surface area contributed by atoms with Gasteiger partial charge in [-0.15, -0.1) is 0 Å². The van der Waals surface area contributed by atoms with E-state index in [4.69, 9.17) is 0 Å². The number of guanidine groups is 1. The van der Waals surface area contributed by atoms with Gasteiger partial charge in [-0.25, -0.2) is 0 Å². The Kier molecular flexibility index (Phi) is 5.67. The molecule has 0 spiro atoms. The summed E-state index contributed by atoms with van der Waals surface area (Å²) in [5.74, 6) is 1.71. The van der Waals surface area contributed by atoms with Gasteiger partial charge >= 0.3 is 0 Å². The summed E-state index contributed by atoms with van der Waals surface area (Å²) in [6.07, 6.45) is 8.33. The first-order chi connectivity index (χ1) is 9.22. The molecule has 2 N–H and O–H groups in total. The molecule has 2 aliphatic carbocycles. The zero-order valence-electron chi connectivity index (χ0n) is 12.2. The highest BCUT2D eigenvalue weighted by Gasteiger charge is 2.27. The molecule has 19 heavy (non-hydrogen) atoms. The fraction of sp³-hybridized carbons (Fsp3) is 0.929. The molecule has 2 fully saturated rings. The third kappa shape index (κ3) is 4.20. The highest BCUT2D eigenvalue weighted by molar-refractivity contribution is 7.85. The molecule has 0 aliphatic heterocycles. The largest absolute Gasteiger partial charge is 0.354 e. The Morgan fingerprint density at radius 3 is 2.37 bits per heavy atom. The molecule has 3 atom stereocenters. The van der Waals surface area contributed by atoms with Crippen LogP contribution in [-0.4, -0.2) is 40.3 Å². The zero-order chi connectivity index (χ0) is 13.7. The number of aliphatic imine (C=N–C) groups is 1. The number of nitrogens with zero attached hydrogens (tertiary/aromatic N) is 1. The normalized spacial score (nSPS) is 30.5. The molecule has 0 aromatic heterocycles. The standard InChI is InChI=1S/C14H27N3OS/c1-3-19(18)13-9-5-8-12(10-13)17-14(15-2)16-11-6-4-7-11/h11-13H,3-10H2,1-2H3,(H2,15,16,17). The van der Waals surface area contributed by atoms with Crippen LogP contribution in [0.5, 0.6) is 0 Å². The third-order valence-electron chi connectivity index (χ3n) is 4.29. The summed E-state index contributed by atoms with van der Waals surface area (Å²) in [4.78, 5) is 4.31. The number of rotatable bonds is 4. The van der Waals surface area contributed by atoms with E-state index in [1.165, 1.54) is 32.1 Å². The predicted molar refractivity (Wildman–Crippen MR) is 82.0 cm³/mol. The predicted octanol–water partition coefficient (Wildman–Crippen LogP) is 1.78. The molecule has 5 heteroatoms. The first-order valence-electron chi connectivity index (χ1n) is 7.60. The van der Waals surface area contributed by atoms with Gasteiger partial charge in [-0.05, 0) is 38.5 Å². The van der Waals surface area contributed by atoms with Gasteiger partial charge in [-0.3, -0.25) is 9.20 Å². The second-order valence-corrected chi connectivity index (χ2v) is 7.65. The lowest BCUT2D eigenvalue weighted by atomic mass is 9.93. The van der Waals surface area contributed by atoms with Crippen LogP contribution < -0.4 is 10.6 Å². The fourth-order valence-corrected chi connectivity index (χ4v) is 4.21. The third-order valence-corrected chi connectivity index (χ3v) is 6.03. The van der Waals surface area contributed by atoms with Crippen molar-refractivity contribution in [1.29, 1.82) is 0 Å². The van der Waals surface area contributed by atoms with Gasteiger partial charge in [0.05, 0.1) is 0 Å². The van der Waals surface area contributed by atoms with Gasteiger partial charge in [-0.1, -0.05) is 13.3 Å². The number of hydrogen-bond donors (Lipinski definition) is 2. The SMILES string of the molecule is CCS(=O)C1CCCC(NC(=NC)NC2CCC2)C1. The second kappa shape index (κ2) is 7.27. The van der Waals surface area contributed by atoms with E-state index in [1.807, 2.05) is 14.0 Å². The van der Waals surface area contributed by atoms with E-state index in [2.05, 4.69) is 15.6 Å². The van der Waals surface area contributed by atoms with Crippen molar-refractivity contribution in [2.75, 3.05) is 12.8 Å². The molecule has 2 saturated carbocycles. The molecule has 0 heterocycles. The van der Waals surface area contributed by atoms with E-state index in [0.29, 0.717) is 17.3 Å². The highest BCUT2D eigenvalue weighted by Crippen LogP contribution is 2.23. The molecule has 2 rings (SSSR count). The molecule has 0 bridgehead atoms. The van der Waals surface area contributed by atoms with Crippen molar-refractivity contribution in [3.63, 3.8) is 0 Å². The summed E-state index contributed by atoms with van der Waals surface area (Å²) < 4.78 is 11.9. The van der Waals surface area contributed by atoms with Crippen LogP contribution in [0.15, 0.2) is 4.99 Å². The van der Waals surface area contributed by atoms with Crippen molar-refractivity contribution >= 4 is 16.8 Å². The lowest BCUT2D eigenvalue weighted by molar-refractivity contribution is 0.369. The summed E-state index contributed by atoms with van der Waals surface area (Å²) >= 11 is 0. The van der Waals surface area contributed by atoms with Crippen LogP contribution >= 0.6 is 0 Å². The summed E-state index contributed by atoms with van der Waals surface area (Å²) in [7, 11) is 1.18. The van der Waals surface area contributed by atoms with Gasteiger partial charge in [0.25, 0.3) is 0 Å². The Morgan fingerprint density at radius 1 is 1.16 bits per heavy atom. The molecule has 3 unspecified atom stereocenters. The zero-order valence-corrected chi connectivity index (χ0v) is 13.0. The van der Waals surface area contributed by atoms with Crippen molar-refractivity contribution in [3.8, 4) is 0 Å². The lowest BCUT2D eigenvalue weighted by Gasteiger charge is -2.33. The van der Waals surface area contributed by atoms with Crippen LogP contribution in [-0.2, 0) is 10.8 Å². The summed E-state index contributed by atoms with van der Waals surface area (Å²) in [5.41, 5.74) is 0. The van der Waals surface area contributed by atoms with E-state index in [-0.39, 0.29) is 0 Å². The van der Waals surface area contributed by atoms with Crippen LogP contribution in [0.1, 0.15) is 51.9 Å². The smallest absolute Gasteiger partial charge is 0.191 e. The van der Waals surface area contributed by atoms with Gasteiger partial charge in [-0.2, -0.15) is 0 Å². The maximum atomic E-state index is 11.9. The fourth-order valence-electron chi connectivity index (χ4n) is 2.86. The van der Waals surface area contributed by atoms with Crippen molar-refractivity contribution in [3.05, 3.63) is 0 Å². The number of nitrogens with one attached hydrogen (secondary N) is 2. The average Bonchev–Trinajstić information content (AvgIpc) is 2.40. The van der Waals surface area contributed by atoms with Crippen LogP contribution in [0.4, 0.5) is 0 Å². The Labute approximate surface area is 119 Å². The maximum Gasteiger partial charge on any atom is 0.191 e. The monoisotopic (exact) mass is 285 g/mol. The Morgan fingerprint density at radius 2 is 1.79 bits per heavy atom. The first-order valence-corrected chi connectivity index (χ1v) is 8.98. The van der Waals surface area contributed by atoms with E-state index in [0.717, 1.165) is 24.6 Å². The topological polar surface area (TPSA) is 53.5 Å². The first kappa shape index (κ1) is 14.8. The Bertz CT molecular complexity index is 342. The van der Waals surface area contributed by atoms with Gasteiger partial charge in [0.1, 0.15) is 0 Å². The van der Waals surface area contributed by atoms with Crippen molar-refractivity contribution in [1.82, 2.24) is 10.6 Å². The molecule has 0 amide bonds. The Balaban J connectivity index is 1.81. The van der Waals surface area contributed by atoms with Crippen LogP contribution in [0.3, 0.4) is 0 Å². The van der Waals surface area contributed by atoms with Crippen molar-refractivity contribution in [2.24, 2.45) is 4.99 Å². The quantitative estimate of drug-likeness (QED) is 0.611. The molecule has 0 aromatic carbocycles. The summed E-state index contributed by atoms with van der Waals surface area (Å²) in [6.45, 7) is 2.02. The van der Waals surface area contributed by atoms with Crippen LogP contribution in [0, 0.1) is 0 Å². The molecule has 0 radical (unpaired) electrons. The number of hydrogen-bond acceptors (Lipinski definition) is 2. The van der Waals surface area contributed by atoms with Crippen molar-refractivity contribution < 1.29 is 4.21 Å².